The second-order valence-corrected chi connectivity index (χ2v) is 8.04. The molecule has 0 atom stereocenters. The minimum absolute atomic E-state index is 0.431. The molecule has 1 aliphatic rings. The summed E-state index contributed by atoms with van der Waals surface area (Å²) in [5.41, 5.74) is 6.38. The number of aromatic nitrogens is 2. The minimum atomic E-state index is 0.431. The summed E-state index contributed by atoms with van der Waals surface area (Å²) in [6.45, 7) is 6.92. The maximum Gasteiger partial charge on any atom is 0.213 e. The first-order valence-electron chi connectivity index (χ1n) is 9.91. The highest BCUT2D eigenvalue weighted by molar-refractivity contribution is 5.92. The van der Waals surface area contributed by atoms with Gasteiger partial charge >= 0.3 is 0 Å². The lowest BCUT2D eigenvalue weighted by molar-refractivity contribution is 0.255. The van der Waals surface area contributed by atoms with Gasteiger partial charge in [-0.1, -0.05) is 19.9 Å². The highest BCUT2D eigenvalue weighted by atomic mass is 16.5. The van der Waals surface area contributed by atoms with Crippen molar-refractivity contribution in [3.63, 3.8) is 0 Å². The molecule has 1 fully saturated rings. The summed E-state index contributed by atoms with van der Waals surface area (Å²) in [4.78, 5) is 10.3. The Morgan fingerprint density at radius 2 is 1.93 bits per heavy atom. The van der Waals surface area contributed by atoms with Crippen LogP contribution in [0.5, 0.6) is 5.88 Å². The molecule has 4 nitrogen and oxygen atoms in total. The van der Waals surface area contributed by atoms with Crippen LogP contribution in [0, 0.1) is 0 Å². The number of rotatable bonds is 4. The number of fused-ring (bicyclic) bond motifs is 1. The molecular formula is C23H29N3O. The molecule has 1 saturated heterocycles. The van der Waals surface area contributed by atoms with Gasteiger partial charge in [0.05, 0.1) is 12.8 Å². The van der Waals surface area contributed by atoms with Gasteiger partial charge in [0.25, 0.3) is 0 Å². The second-order valence-electron chi connectivity index (χ2n) is 8.04. The summed E-state index contributed by atoms with van der Waals surface area (Å²) >= 11 is 0. The first-order chi connectivity index (χ1) is 13.1. The maximum atomic E-state index is 5.33. The molecule has 2 aromatic heterocycles. The van der Waals surface area contributed by atoms with E-state index in [2.05, 4.69) is 60.0 Å². The normalized spacial score (nSPS) is 16.3. The number of aromatic amines is 1. The Hall–Kier alpha value is -2.33. The van der Waals surface area contributed by atoms with Crippen LogP contribution >= 0.6 is 0 Å². The number of hydrogen-bond donors (Lipinski definition) is 1. The molecule has 142 valence electrons. The summed E-state index contributed by atoms with van der Waals surface area (Å²) in [5, 5.41) is 1.35. The SMILES string of the molecule is COc1cc(-c2[nH]c3ccc(C4CCN(C)CC4)cc3c2C(C)C)ccn1. The summed E-state index contributed by atoms with van der Waals surface area (Å²) in [6.07, 6.45) is 4.31. The Kier molecular flexibility index (Phi) is 4.92. The number of likely N-dealkylation sites (tertiary alicyclic amines) is 1. The molecule has 0 aliphatic carbocycles. The number of hydrogen-bond acceptors (Lipinski definition) is 3. The average Bonchev–Trinajstić information content (AvgIpc) is 3.07. The number of H-pyrrole nitrogens is 1. The third-order valence-corrected chi connectivity index (χ3v) is 5.86. The van der Waals surface area contributed by atoms with Gasteiger partial charge in [0.2, 0.25) is 5.88 Å². The molecule has 0 bridgehead atoms. The number of nitrogens with one attached hydrogen (secondary N) is 1. The van der Waals surface area contributed by atoms with Gasteiger partial charge in [-0.05, 0) is 74.1 Å². The second kappa shape index (κ2) is 7.35. The molecule has 0 unspecified atom stereocenters. The van der Waals surface area contributed by atoms with Crippen LogP contribution in [-0.4, -0.2) is 42.1 Å². The molecule has 0 saturated carbocycles. The molecule has 0 radical (unpaired) electrons. The van der Waals surface area contributed by atoms with Gasteiger partial charge in [-0.2, -0.15) is 0 Å². The van der Waals surface area contributed by atoms with E-state index in [0.29, 0.717) is 17.7 Å². The first-order valence-corrected chi connectivity index (χ1v) is 9.91. The van der Waals surface area contributed by atoms with Crippen LogP contribution in [0.2, 0.25) is 0 Å². The van der Waals surface area contributed by atoms with E-state index >= 15 is 0 Å². The fraction of sp³-hybridized carbons (Fsp3) is 0.435. The Morgan fingerprint density at radius 3 is 2.63 bits per heavy atom. The van der Waals surface area contributed by atoms with E-state index in [-0.39, 0.29) is 0 Å². The molecule has 4 rings (SSSR count). The van der Waals surface area contributed by atoms with Crippen LogP contribution in [0.1, 0.15) is 49.7 Å². The summed E-state index contributed by atoms with van der Waals surface area (Å²) in [7, 11) is 3.88. The zero-order chi connectivity index (χ0) is 19.0. The molecule has 4 heteroatoms. The first kappa shape index (κ1) is 18.1. The molecular weight excluding hydrogens is 334 g/mol. The number of benzene rings is 1. The predicted molar refractivity (Wildman–Crippen MR) is 112 cm³/mol. The van der Waals surface area contributed by atoms with Gasteiger partial charge in [0.1, 0.15) is 0 Å². The highest BCUT2D eigenvalue weighted by Gasteiger charge is 2.21. The van der Waals surface area contributed by atoms with E-state index in [0.717, 1.165) is 5.56 Å². The van der Waals surface area contributed by atoms with Crippen LogP contribution in [0.15, 0.2) is 36.5 Å². The van der Waals surface area contributed by atoms with Gasteiger partial charge < -0.3 is 14.6 Å². The van der Waals surface area contributed by atoms with E-state index in [1.807, 2.05) is 12.3 Å². The van der Waals surface area contributed by atoms with Crippen LogP contribution in [0.3, 0.4) is 0 Å². The lowest BCUT2D eigenvalue weighted by Crippen LogP contribution is -2.29. The molecule has 0 spiro atoms. The number of pyridine rings is 1. The van der Waals surface area contributed by atoms with Gasteiger partial charge in [-0.15, -0.1) is 0 Å². The van der Waals surface area contributed by atoms with E-state index in [4.69, 9.17) is 4.74 Å². The van der Waals surface area contributed by atoms with Crippen LogP contribution < -0.4 is 4.74 Å². The molecule has 1 N–H and O–H groups in total. The molecule has 3 heterocycles. The zero-order valence-electron chi connectivity index (χ0n) is 16.7. The lowest BCUT2D eigenvalue weighted by Gasteiger charge is -2.29. The number of nitrogens with zero attached hydrogens (tertiary/aromatic N) is 2. The van der Waals surface area contributed by atoms with Crippen molar-refractivity contribution in [2.45, 2.75) is 38.5 Å². The Morgan fingerprint density at radius 1 is 1.15 bits per heavy atom. The van der Waals surface area contributed by atoms with Crippen LogP contribution in [-0.2, 0) is 0 Å². The van der Waals surface area contributed by atoms with Gasteiger partial charge in [-0.25, -0.2) is 4.98 Å². The molecule has 0 amide bonds. The van der Waals surface area contributed by atoms with Crippen molar-refractivity contribution < 1.29 is 4.74 Å². The average molecular weight is 364 g/mol. The Bertz CT molecular complexity index is 936. The van der Waals surface area contributed by atoms with Gasteiger partial charge in [0.15, 0.2) is 0 Å². The highest BCUT2D eigenvalue weighted by Crippen LogP contribution is 2.38. The summed E-state index contributed by atoms with van der Waals surface area (Å²) in [6, 6.07) is 11.1. The summed E-state index contributed by atoms with van der Waals surface area (Å²) < 4.78 is 5.33. The van der Waals surface area contributed by atoms with Crippen molar-refractivity contribution >= 4 is 10.9 Å². The smallest absolute Gasteiger partial charge is 0.213 e. The largest absolute Gasteiger partial charge is 0.481 e. The predicted octanol–water partition coefficient (Wildman–Crippen LogP) is 5.17. The van der Waals surface area contributed by atoms with E-state index in [9.17, 15) is 0 Å². The van der Waals surface area contributed by atoms with E-state index < -0.39 is 0 Å². The quantitative estimate of drug-likeness (QED) is 0.695. The number of piperidine rings is 1. The van der Waals surface area contributed by atoms with Crippen LogP contribution in [0.25, 0.3) is 22.2 Å². The maximum absolute atomic E-state index is 5.33. The topological polar surface area (TPSA) is 41.1 Å². The molecule has 1 aromatic carbocycles. The van der Waals surface area contributed by atoms with Crippen molar-refractivity contribution in [3.8, 4) is 17.1 Å². The Balaban J connectivity index is 1.80. The molecule has 3 aromatic rings. The Labute approximate surface area is 161 Å². The van der Waals surface area contributed by atoms with Crippen molar-refractivity contribution in [2.75, 3.05) is 27.2 Å². The standard InChI is InChI=1S/C23H29N3O/c1-15(2)22-19-13-17(16-8-11-26(3)12-9-16)5-6-20(19)25-23(22)18-7-10-24-21(14-18)27-4/h5-7,10,13-16,25H,8-9,11-12H2,1-4H3. The monoisotopic (exact) mass is 363 g/mol. The zero-order valence-corrected chi connectivity index (χ0v) is 16.7. The third-order valence-electron chi connectivity index (χ3n) is 5.86. The van der Waals surface area contributed by atoms with Crippen molar-refractivity contribution in [2.24, 2.45) is 0 Å². The fourth-order valence-corrected chi connectivity index (χ4v) is 4.33. The van der Waals surface area contributed by atoms with Gasteiger partial charge in [0, 0.05) is 28.7 Å². The lowest BCUT2D eigenvalue weighted by atomic mass is 9.87. The van der Waals surface area contributed by atoms with E-state index in [1.54, 1.807) is 7.11 Å². The fourth-order valence-electron chi connectivity index (χ4n) is 4.33. The van der Waals surface area contributed by atoms with Crippen molar-refractivity contribution in [1.82, 2.24) is 14.9 Å². The van der Waals surface area contributed by atoms with E-state index in [1.165, 1.54) is 53.7 Å². The summed E-state index contributed by atoms with van der Waals surface area (Å²) in [5.74, 6) is 1.75. The third kappa shape index (κ3) is 3.46. The van der Waals surface area contributed by atoms with Crippen molar-refractivity contribution in [1.29, 1.82) is 0 Å². The number of ether oxygens (including phenoxy) is 1. The minimum Gasteiger partial charge on any atom is -0.481 e. The molecule has 1 aliphatic heterocycles. The van der Waals surface area contributed by atoms with Crippen LogP contribution in [0.4, 0.5) is 0 Å². The van der Waals surface area contributed by atoms with Crippen molar-refractivity contribution in [3.05, 3.63) is 47.7 Å². The molecule has 27 heavy (non-hydrogen) atoms. The number of methoxy groups -OCH3 is 1. The van der Waals surface area contributed by atoms with Gasteiger partial charge in [-0.3, -0.25) is 0 Å².